The number of halogens is 1. The molecule has 0 aliphatic rings. The highest BCUT2D eigenvalue weighted by Gasteiger charge is 2.00. The zero-order valence-corrected chi connectivity index (χ0v) is 10.5. The van der Waals surface area contributed by atoms with Crippen LogP contribution < -0.4 is 10.5 Å². The number of nitrogen functional groups attached to an aromatic ring is 1. The average molecular weight is 297 g/mol. The molecule has 0 atom stereocenters. The van der Waals surface area contributed by atoms with Crippen molar-refractivity contribution in [1.82, 2.24) is 20.3 Å². The van der Waals surface area contributed by atoms with E-state index in [0.717, 1.165) is 20.6 Å². The van der Waals surface area contributed by atoms with Crippen molar-refractivity contribution in [3.8, 4) is 5.75 Å². The van der Waals surface area contributed by atoms with E-state index >= 15 is 0 Å². The number of hydrogen-bond acceptors (Lipinski definition) is 6. The highest BCUT2D eigenvalue weighted by Crippen LogP contribution is 2.24. The molecule has 8 heteroatoms. The monoisotopic (exact) mass is 296 g/mol. The van der Waals surface area contributed by atoms with Gasteiger partial charge in [0.25, 0.3) is 5.95 Å². The van der Waals surface area contributed by atoms with E-state index < -0.39 is 0 Å². The number of aromatic nitrogens is 4. The summed E-state index contributed by atoms with van der Waals surface area (Å²) in [6.07, 6.45) is 1.59. The molecule has 0 radical (unpaired) electrons. The fourth-order valence-electron chi connectivity index (χ4n) is 1.16. The van der Waals surface area contributed by atoms with Crippen molar-refractivity contribution in [1.29, 1.82) is 0 Å². The van der Waals surface area contributed by atoms with Gasteiger partial charge >= 0.3 is 0 Å². The summed E-state index contributed by atoms with van der Waals surface area (Å²) in [6.45, 7) is 0. The molecule has 0 fully saturated rings. The summed E-state index contributed by atoms with van der Waals surface area (Å²) in [5.74, 6) is 0.887. The second kappa shape index (κ2) is 4.91. The summed E-state index contributed by atoms with van der Waals surface area (Å²) in [5, 5.41) is 14.5. The highest BCUT2D eigenvalue weighted by atomic mass is 79.9. The molecule has 2 aromatic rings. The van der Waals surface area contributed by atoms with Crippen molar-refractivity contribution in [2.45, 2.75) is 0 Å². The van der Waals surface area contributed by atoms with Crippen LogP contribution in [0.5, 0.6) is 5.75 Å². The Morgan fingerprint density at radius 3 is 2.94 bits per heavy atom. The van der Waals surface area contributed by atoms with Gasteiger partial charge in [0.2, 0.25) is 0 Å². The number of nitrogens with zero attached hydrogens (tertiary/aromatic N) is 5. The van der Waals surface area contributed by atoms with Gasteiger partial charge in [0.05, 0.1) is 17.8 Å². The lowest BCUT2D eigenvalue weighted by atomic mass is 10.2. The Labute approximate surface area is 105 Å². The van der Waals surface area contributed by atoms with Gasteiger partial charge in [0.15, 0.2) is 0 Å². The zero-order chi connectivity index (χ0) is 12.3. The molecule has 0 bridgehead atoms. The Morgan fingerprint density at radius 2 is 2.35 bits per heavy atom. The van der Waals surface area contributed by atoms with E-state index in [4.69, 9.17) is 10.5 Å². The van der Waals surface area contributed by atoms with Crippen molar-refractivity contribution in [2.24, 2.45) is 5.10 Å². The molecule has 0 saturated carbocycles. The number of anilines is 1. The molecule has 0 aliphatic carbocycles. The minimum Gasteiger partial charge on any atom is -0.496 e. The normalized spacial score (nSPS) is 10.9. The Kier molecular flexibility index (Phi) is 3.33. The van der Waals surface area contributed by atoms with E-state index in [-0.39, 0.29) is 5.95 Å². The standard InChI is InChI=1S/C9H9BrN6O/c1-17-8-3-2-6(4-7(8)10)5-12-16-9(11)13-14-15-16/h2-5H,1H3,(H2,11,13,15)/b12-5+. The SMILES string of the molecule is COc1ccc(/C=N/n2nnnc2N)cc1Br. The molecule has 88 valence electrons. The first-order valence-corrected chi connectivity index (χ1v) is 5.42. The smallest absolute Gasteiger partial charge is 0.263 e. The van der Waals surface area contributed by atoms with E-state index in [9.17, 15) is 0 Å². The van der Waals surface area contributed by atoms with Gasteiger partial charge < -0.3 is 10.5 Å². The van der Waals surface area contributed by atoms with Crippen molar-refractivity contribution in [3.63, 3.8) is 0 Å². The molecule has 0 aliphatic heterocycles. The molecule has 2 rings (SSSR count). The second-order valence-electron chi connectivity index (χ2n) is 3.07. The Balaban J connectivity index is 2.22. The average Bonchev–Trinajstić information content (AvgIpc) is 2.72. The van der Waals surface area contributed by atoms with Crippen molar-refractivity contribution in [2.75, 3.05) is 12.8 Å². The number of rotatable bonds is 3. The number of hydrogen-bond donors (Lipinski definition) is 1. The first kappa shape index (κ1) is 11.5. The van der Waals surface area contributed by atoms with Gasteiger partial charge in [-0.25, -0.2) is 0 Å². The Morgan fingerprint density at radius 1 is 1.53 bits per heavy atom. The third-order valence-electron chi connectivity index (χ3n) is 1.97. The molecule has 7 nitrogen and oxygen atoms in total. The number of benzene rings is 1. The highest BCUT2D eigenvalue weighted by molar-refractivity contribution is 9.10. The number of nitrogens with two attached hydrogens (primary N) is 1. The fraction of sp³-hybridized carbons (Fsp3) is 0.111. The molecule has 1 aromatic heterocycles. The topological polar surface area (TPSA) is 91.2 Å². The van der Waals surface area contributed by atoms with E-state index in [1.807, 2.05) is 18.2 Å². The summed E-state index contributed by atoms with van der Waals surface area (Å²) in [6, 6.07) is 5.55. The lowest BCUT2D eigenvalue weighted by Crippen LogP contribution is -1.99. The van der Waals surface area contributed by atoms with E-state index in [1.165, 1.54) is 0 Å². The largest absolute Gasteiger partial charge is 0.496 e. The van der Waals surface area contributed by atoms with Gasteiger partial charge in [-0.3, -0.25) is 0 Å². The van der Waals surface area contributed by atoms with Crippen LogP contribution in [0.25, 0.3) is 0 Å². The predicted octanol–water partition coefficient (Wildman–Crippen LogP) is 0.909. The van der Waals surface area contributed by atoms with Crippen LogP contribution in [0.3, 0.4) is 0 Å². The predicted molar refractivity (Wildman–Crippen MR) is 65.9 cm³/mol. The molecule has 2 N–H and O–H groups in total. The molecule has 0 saturated heterocycles. The minimum atomic E-state index is 0.133. The van der Waals surface area contributed by atoms with Crippen LogP contribution in [0.4, 0.5) is 5.95 Å². The van der Waals surface area contributed by atoms with Crippen molar-refractivity contribution in [3.05, 3.63) is 28.2 Å². The molecule has 1 aromatic carbocycles. The molecular formula is C9H9BrN6O. The van der Waals surface area contributed by atoms with E-state index in [2.05, 4.69) is 36.6 Å². The van der Waals surface area contributed by atoms with Crippen LogP contribution in [0.1, 0.15) is 5.56 Å². The maximum atomic E-state index is 5.46. The molecule has 1 heterocycles. The summed E-state index contributed by atoms with van der Waals surface area (Å²) in [7, 11) is 1.61. The minimum absolute atomic E-state index is 0.133. The Hall–Kier alpha value is -1.96. The quantitative estimate of drug-likeness (QED) is 0.850. The van der Waals surface area contributed by atoms with Gasteiger partial charge in [0.1, 0.15) is 5.75 Å². The van der Waals surface area contributed by atoms with Crippen LogP contribution in [0, 0.1) is 0 Å². The first-order chi connectivity index (χ1) is 8.20. The molecular weight excluding hydrogens is 288 g/mol. The Bertz CT molecular complexity index is 552. The molecule has 0 unspecified atom stereocenters. The van der Waals surface area contributed by atoms with Gasteiger partial charge in [-0.15, -0.1) is 0 Å². The van der Waals surface area contributed by atoms with Crippen LogP contribution in [0.2, 0.25) is 0 Å². The lowest BCUT2D eigenvalue weighted by Gasteiger charge is -2.02. The molecule has 17 heavy (non-hydrogen) atoms. The third kappa shape index (κ3) is 2.59. The number of methoxy groups -OCH3 is 1. The second-order valence-corrected chi connectivity index (χ2v) is 3.92. The van der Waals surface area contributed by atoms with Gasteiger partial charge in [-0.1, -0.05) is 9.89 Å². The van der Waals surface area contributed by atoms with E-state index in [1.54, 1.807) is 13.3 Å². The molecule has 0 amide bonds. The van der Waals surface area contributed by atoms with E-state index in [0.29, 0.717) is 0 Å². The fourth-order valence-corrected chi connectivity index (χ4v) is 1.71. The molecule has 0 spiro atoms. The van der Waals surface area contributed by atoms with Crippen LogP contribution >= 0.6 is 15.9 Å². The number of ether oxygens (including phenoxy) is 1. The maximum absolute atomic E-state index is 5.46. The van der Waals surface area contributed by atoms with Crippen molar-refractivity contribution < 1.29 is 4.74 Å². The summed E-state index contributed by atoms with van der Waals surface area (Å²) < 4.78 is 5.96. The maximum Gasteiger partial charge on any atom is 0.263 e. The lowest BCUT2D eigenvalue weighted by molar-refractivity contribution is 0.412. The first-order valence-electron chi connectivity index (χ1n) is 4.62. The third-order valence-corrected chi connectivity index (χ3v) is 2.59. The summed E-state index contributed by atoms with van der Waals surface area (Å²) in [5.41, 5.74) is 6.33. The summed E-state index contributed by atoms with van der Waals surface area (Å²) >= 11 is 3.38. The van der Waals surface area contributed by atoms with Crippen molar-refractivity contribution >= 4 is 28.1 Å². The van der Waals surface area contributed by atoms with Gasteiger partial charge in [-0.2, -0.15) is 5.10 Å². The van der Waals surface area contributed by atoms with Crippen LogP contribution in [-0.4, -0.2) is 33.6 Å². The zero-order valence-electron chi connectivity index (χ0n) is 8.91. The number of tetrazole rings is 1. The van der Waals surface area contributed by atoms with Gasteiger partial charge in [0, 0.05) is 0 Å². The van der Waals surface area contributed by atoms with Crippen LogP contribution in [0.15, 0.2) is 27.8 Å². The summed E-state index contributed by atoms with van der Waals surface area (Å²) in [4.78, 5) is 1.14. The van der Waals surface area contributed by atoms with Gasteiger partial charge in [-0.05, 0) is 50.1 Å². The van der Waals surface area contributed by atoms with Crippen LogP contribution in [-0.2, 0) is 0 Å².